The monoisotopic (exact) mass is 449 g/mol. The summed E-state index contributed by atoms with van der Waals surface area (Å²) in [4.78, 5) is 30.6. The Labute approximate surface area is 180 Å². The van der Waals surface area contributed by atoms with Gasteiger partial charge in [-0.15, -0.1) is 0 Å². The molecule has 1 amide bonds. The minimum atomic E-state index is -3.28. The van der Waals surface area contributed by atoms with Crippen molar-refractivity contribution in [2.75, 3.05) is 10.6 Å². The molecule has 0 unspecified atom stereocenters. The lowest BCUT2D eigenvalue weighted by Gasteiger charge is -2.16. The van der Waals surface area contributed by atoms with Gasteiger partial charge in [0.1, 0.15) is 11.6 Å². The van der Waals surface area contributed by atoms with E-state index in [1.165, 1.54) is 44.4 Å². The normalized spacial score (nSPS) is 11.9. The maximum absolute atomic E-state index is 13.8. The molecule has 3 aromatic heterocycles. The average Bonchev–Trinajstić information content (AvgIpc) is 2.66. The van der Waals surface area contributed by atoms with Crippen molar-refractivity contribution in [3.63, 3.8) is 0 Å². The minimum absolute atomic E-state index is 0.0327. The Kier molecular flexibility index (Phi) is 6.06. The fraction of sp³-hybridized carbons (Fsp3) is 0.300. The van der Waals surface area contributed by atoms with E-state index in [2.05, 4.69) is 35.6 Å². The van der Waals surface area contributed by atoms with Crippen LogP contribution in [0.25, 0.3) is 11.3 Å². The van der Waals surface area contributed by atoms with Crippen molar-refractivity contribution in [2.45, 2.75) is 39.5 Å². The second kappa shape index (κ2) is 8.44. The van der Waals surface area contributed by atoms with E-state index in [4.69, 9.17) is 0 Å². The predicted octanol–water partition coefficient (Wildman–Crippen LogP) is 4.56. The number of aromatic nitrogens is 5. The summed E-state index contributed by atoms with van der Waals surface area (Å²) >= 11 is 0. The Morgan fingerprint density at radius 3 is 2.25 bits per heavy atom. The Hall–Kier alpha value is -3.70. The van der Waals surface area contributed by atoms with E-state index in [1.54, 1.807) is 0 Å². The van der Waals surface area contributed by atoms with Gasteiger partial charge in [0.2, 0.25) is 11.7 Å². The summed E-state index contributed by atoms with van der Waals surface area (Å²) in [7, 11) is 0. The van der Waals surface area contributed by atoms with Gasteiger partial charge in [0.05, 0.1) is 11.4 Å². The number of alkyl halides is 4. The summed E-state index contributed by atoms with van der Waals surface area (Å²) in [6.45, 7) is 4.15. The van der Waals surface area contributed by atoms with E-state index in [0.717, 1.165) is 0 Å². The summed E-state index contributed by atoms with van der Waals surface area (Å²) in [6, 6.07) is 4.24. The van der Waals surface area contributed by atoms with Crippen LogP contribution in [0.4, 0.5) is 34.9 Å². The third kappa shape index (κ3) is 5.50. The zero-order valence-electron chi connectivity index (χ0n) is 17.5. The third-order valence-electron chi connectivity index (χ3n) is 4.04. The summed E-state index contributed by atoms with van der Waals surface area (Å²) in [6.07, 6.45) is 2.47. The second-order valence-corrected chi connectivity index (χ2v) is 7.18. The predicted molar refractivity (Wildman–Crippen MR) is 109 cm³/mol. The van der Waals surface area contributed by atoms with Crippen LogP contribution in [-0.2, 0) is 16.6 Å². The van der Waals surface area contributed by atoms with Gasteiger partial charge in [-0.3, -0.25) is 4.79 Å². The molecule has 168 valence electrons. The fourth-order valence-electron chi connectivity index (χ4n) is 2.70. The first-order chi connectivity index (χ1) is 14.8. The molecule has 3 heterocycles. The van der Waals surface area contributed by atoms with E-state index >= 15 is 0 Å². The first-order valence-electron chi connectivity index (χ1n) is 9.33. The molecule has 12 heteroatoms. The van der Waals surface area contributed by atoms with Crippen LogP contribution in [-0.4, -0.2) is 30.8 Å². The lowest BCUT2D eigenvalue weighted by molar-refractivity contribution is -0.114. The highest BCUT2D eigenvalue weighted by Crippen LogP contribution is 2.33. The van der Waals surface area contributed by atoms with Crippen molar-refractivity contribution in [1.29, 1.82) is 0 Å². The van der Waals surface area contributed by atoms with Gasteiger partial charge < -0.3 is 10.6 Å². The topological polar surface area (TPSA) is 106 Å². The first kappa shape index (κ1) is 23.0. The van der Waals surface area contributed by atoms with Crippen LogP contribution in [0.2, 0.25) is 0 Å². The summed E-state index contributed by atoms with van der Waals surface area (Å²) in [5.74, 6) is -8.16. The molecule has 0 atom stereocenters. The Balaban J connectivity index is 2.12. The van der Waals surface area contributed by atoms with Crippen LogP contribution in [0, 0.1) is 6.92 Å². The molecule has 0 saturated heterocycles. The van der Waals surface area contributed by atoms with E-state index in [1.807, 2.05) is 0 Å². The molecule has 32 heavy (non-hydrogen) atoms. The van der Waals surface area contributed by atoms with Crippen molar-refractivity contribution in [3.8, 4) is 11.3 Å². The summed E-state index contributed by atoms with van der Waals surface area (Å²) in [5.41, 5.74) is 0.878. The summed E-state index contributed by atoms with van der Waals surface area (Å²) in [5, 5.41) is 5.37. The molecule has 2 N–H and O–H groups in total. The number of hydrogen-bond donors (Lipinski definition) is 2. The Morgan fingerprint density at radius 1 is 0.938 bits per heavy atom. The molecule has 8 nitrogen and oxygen atoms in total. The van der Waals surface area contributed by atoms with Gasteiger partial charge in [0.15, 0.2) is 5.82 Å². The number of carbonyl (C=O) groups excluding carboxylic acids is 1. The van der Waals surface area contributed by atoms with Crippen LogP contribution in [0.5, 0.6) is 0 Å². The SMILES string of the molecule is CC(=O)Nc1cc(Nc2cc(C)nc(C(C)(F)F)n2)c(-c2ccnc(C(C)(F)F)n2)cn1. The Bertz CT molecular complexity index is 1160. The number of nitrogens with zero attached hydrogens (tertiary/aromatic N) is 5. The molecule has 0 radical (unpaired) electrons. The Morgan fingerprint density at radius 2 is 1.62 bits per heavy atom. The second-order valence-electron chi connectivity index (χ2n) is 7.18. The standard InChI is InChI=1S/C20H19F4N7O/c1-10-7-16(31-18(27-10)20(4,23)24)29-14-8-15(28-11(2)32)26-9-12(14)13-5-6-25-17(30-13)19(3,21)22/h5-9H,1-4H3,(H2,26,27,28,29,31,32). The number of pyridine rings is 1. The van der Waals surface area contributed by atoms with Gasteiger partial charge in [-0.25, -0.2) is 24.9 Å². The first-order valence-corrected chi connectivity index (χ1v) is 9.33. The minimum Gasteiger partial charge on any atom is -0.339 e. The highest BCUT2D eigenvalue weighted by molar-refractivity contribution is 5.89. The molecule has 3 aromatic rings. The molecule has 0 fully saturated rings. The van der Waals surface area contributed by atoms with Gasteiger partial charge >= 0.3 is 11.8 Å². The van der Waals surface area contributed by atoms with Crippen LogP contribution >= 0.6 is 0 Å². The zero-order chi connectivity index (χ0) is 23.7. The molecule has 0 spiro atoms. The van der Waals surface area contributed by atoms with E-state index in [0.29, 0.717) is 13.8 Å². The van der Waals surface area contributed by atoms with Crippen LogP contribution < -0.4 is 10.6 Å². The fourth-order valence-corrected chi connectivity index (χ4v) is 2.70. The number of aryl methyl sites for hydroxylation is 1. The van der Waals surface area contributed by atoms with E-state index in [9.17, 15) is 22.4 Å². The molecule has 0 aliphatic carbocycles. The highest BCUT2D eigenvalue weighted by atomic mass is 19.3. The van der Waals surface area contributed by atoms with E-state index < -0.39 is 29.4 Å². The lowest BCUT2D eigenvalue weighted by Crippen LogP contribution is -2.15. The van der Waals surface area contributed by atoms with E-state index in [-0.39, 0.29) is 34.3 Å². The smallest absolute Gasteiger partial charge is 0.303 e. The lowest BCUT2D eigenvalue weighted by atomic mass is 10.1. The number of nitrogens with one attached hydrogen (secondary N) is 2. The molecule has 0 bridgehead atoms. The van der Waals surface area contributed by atoms with Gasteiger partial charge in [-0.05, 0) is 13.0 Å². The molecule has 0 aliphatic heterocycles. The number of amides is 1. The molecule has 3 rings (SSSR count). The number of halogens is 4. The molecule has 0 aromatic carbocycles. The largest absolute Gasteiger partial charge is 0.339 e. The van der Waals surface area contributed by atoms with Gasteiger partial charge in [0.25, 0.3) is 0 Å². The van der Waals surface area contributed by atoms with Gasteiger partial charge in [0, 0.05) is 56.6 Å². The van der Waals surface area contributed by atoms with Crippen LogP contribution in [0.3, 0.4) is 0 Å². The van der Waals surface area contributed by atoms with Gasteiger partial charge in [-0.2, -0.15) is 17.6 Å². The molecular formula is C20H19F4N7O. The van der Waals surface area contributed by atoms with Gasteiger partial charge in [-0.1, -0.05) is 0 Å². The van der Waals surface area contributed by atoms with Crippen molar-refractivity contribution >= 4 is 23.2 Å². The third-order valence-corrected chi connectivity index (χ3v) is 4.04. The van der Waals surface area contributed by atoms with Crippen molar-refractivity contribution in [1.82, 2.24) is 24.9 Å². The molecule has 0 aliphatic rings. The number of anilines is 3. The summed E-state index contributed by atoms with van der Waals surface area (Å²) < 4.78 is 55.0. The number of rotatable bonds is 6. The number of carbonyl (C=O) groups is 1. The van der Waals surface area contributed by atoms with Crippen LogP contribution in [0.15, 0.2) is 30.6 Å². The molecular weight excluding hydrogens is 430 g/mol. The van der Waals surface area contributed by atoms with Crippen molar-refractivity contribution < 1.29 is 22.4 Å². The average molecular weight is 449 g/mol. The van der Waals surface area contributed by atoms with Crippen molar-refractivity contribution in [2.24, 2.45) is 0 Å². The maximum Gasteiger partial charge on any atom is 0.303 e. The maximum atomic E-state index is 13.8. The quantitative estimate of drug-likeness (QED) is 0.532. The van der Waals surface area contributed by atoms with Crippen LogP contribution in [0.1, 0.15) is 38.1 Å². The van der Waals surface area contributed by atoms with Crippen molar-refractivity contribution in [3.05, 3.63) is 47.9 Å². The highest BCUT2D eigenvalue weighted by Gasteiger charge is 2.30. The zero-order valence-corrected chi connectivity index (χ0v) is 17.5. The number of hydrogen-bond acceptors (Lipinski definition) is 7. The molecule has 0 saturated carbocycles.